The van der Waals surface area contributed by atoms with Crippen LogP contribution in [-0.4, -0.2) is 19.6 Å². The summed E-state index contributed by atoms with van der Waals surface area (Å²) in [7, 11) is 0. The molecule has 144 valence electrons. The molecule has 0 radical (unpaired) electrons. The van der Waals surface area contributed by atoms with Gasteiger partial charge in [0.25, 0.3) is 0 Å². The van der Waals surface area contributed by atoms with E-state index >= 15 is 0 Å². The van der Waals surface area contributed by atoms with E-state index in [9.17, 15) is 0 Å². The second-order valence-electron chi connectivity index (χ2n) is 7.37. The highest BCUT2D eigenvalue weighted by molar-refractivity contribution is 7.19. The van der Waals surface area contributed by atoms with Crippen LogP contribution in [0.3, 0.4) is 0 Å². The monoisotopic (exact) mass is 390 g/mol. The number of nitrogens with zero attached hydrogens (tertiary/aromatic N) is 4. The van der Waals surface area contributed by atoms with Crippen LogP contribution < -0.4 is 0 Å². The molecular weight excluding hydrogens is 364 g/mol. The third-order valence-corrected chi connectivity index (χ3v) is 6.65. The van der Waals surface area contributed by atoms with E-state index < -0.39 is 0 Å². The first-order valence-corrected chi connectivity index (χ1v) is 10.7. The normalized spacial score (nSPS) is 11.6. The number of hydrogen-bond donors (Lipinski definition) is 0. The number of aryl methyl sites for hydroxylation is 3. The molecule has 0 saturated heterocycles. The first-order valence-electron chi connectivity index (χ1n) is 9.92. The Bertz CT molecular complexity index is 1120. The van der Waals surface area contributed by atoms with Crippen LogP contribution >= 0.6 is 11.3 Å². The van der Waals surface area contributed by atoms with Gasteiger partial charge >= 0.3 is 0 Å². The van der Waals surface area contributed by atoms with Crippen molar-refractivity contribution in [3.05, 3.63) is 59.0 Å². The summed E-state index contributed by atoms with van der Waals surface area (Å²) >= 11 is 1.77. The average Bonchev–Trinajstić information content (AvgIpc) is 3.22. The van der Waals surface area contributed by atoms with E-state index in [4.69, 9.17) is 10.1 Å². The maximum Gasteiger partial charge on any atom is 0.158 e. The molecule has 5 heteroatoms. The van der Waals surface area contributed by atoms with Crippen LogP contribution in [-0.2, 0) is 0 Å². The molecule has 0 aromatic carbocycles. The molecule has 0 spiro atoms. The summed E-state index contributed by atoms with van der Waals surface area (Å²) in [6.07, 6.45) is 4.06. The van der Waals surface area contributed by atoms with Crippen LogP contribution in [0.4, 0.5) is 0 Å². The number of fused-ring (bicyclic) bond motifs is 1. The smallest absolute Gasteiger partial charge is 0.158 e. The number of pyridine rings is 1. The quantitative estimate of drug-likeness (QED) is 0.399. The van der Waals surface area contributed by atoms with Gasteiger partial charge in [-0.1, -0.05) is 19.9 Å². The average molecular weight is 391 g/mol. The molecule has 0 fully saturated rings. The van der Waals surface area contributed by atoms with E-state index in [0.29, 0.717) is 5.92 Å². The highest BCUT2D eigenvalue weighted by atomic mass is 32.1. The zero-order valence-electron chi connectivity index (χ0n) is 17.2. The summed E-state index contributed by atoms with van der Waals surface area (Å²) in [5.41, 5.74) is 7.73. The summed E-state index contributed by atoms with van der Waals surface area (Å²) < 4.78 is 2.07. The van der Waals surface area contributed by atoms with Crippen molar-refractivity contribution >= 4 is 17.0 Å². The summed E-state index contributed by atoms with van der Waals surface area (Å²) in [6, 6.07) is 10.5. The molecule has 0 atom stereocenters. The van der Waals surface area contributed by atoms with Crippen molar-refractivity contribution in [3.8, 4) is 21.1 Å². The van der Waals surface area contributed by atoms with Gasteiger partial charge in [0.1, 0.15) is 5.69 Å². The van der Waals surface area contributed by atoms with Crippen LogP contribution in [0.1, 0.15) is 55.1 Å². The maximum atomic E-state index is 4.96. The third-order valence-electron chi connectivity index (χ3n) is 5.38. The Kier molecular flexibility index (Phi) is 5.02. The SMILES string of the molecule is CCC(CC)c1cc(C)nn2c(-c3sc(-c4ccccn4)cc3C)c(C)nc12. The Morgan fingerprint density at radius 2 is 1.86 bits per heavy atom. The van der Waals surface area contributed by atoms with Crippen molar-refractivity contribution in [1.82, 2.24) is 19.6 Å². The lowest BCUT2D eigenvalue weighted by Crippen LogP contribution is -2.05. The van der Waals surface area contributed by atoms with Crippen LogP contribution in [0, 0.1) is 20.8 Å². The molecule has 0 aliphatic rings. The fourth-order valence-corrected chi connectivity index (χ4v) is 5.15. The molecule has 28 heavy (non-hydrogen) atoms. The molecule has 4 nitrogen and oxygen atoms in total. The van der Waals surface area contributed by atoms with E-state index in [0.717, 1.165) is 41.3 Å². The van der Waals surface area contributed by atoms with Gasteiger partial charge in [-0.3, -0.25) is 4.98 Å². The van der Waals surface area contributed by atoms with Gasteiger partial charge < -0.3 is 0 Å². The molecule has 4 heterocycles. The van der Waals surface area contributed by atoms with Crippen molar-refractivity contribution in [1.29, 1.82) is 0 Å². The molecule has 0 N–H and O–H groups in total. The Morgan fingerprint density at radius 3 is 2.54 bits per heavy atom. The number of thiophene rings is 1. The number of rotatable bonds is 5. The topological polar surface area (TPSA) is 43.1 Å². The summed E-state index contributed by atoms with van der Waals surface area (Å²) in [4.78, 5) is 11.9. The highest BCUT2D eigenvalue weighted by Gasteiger charge is 2.22. The summed E-state index contributed by atoms with van der Waals surface area (Å²) in [5, 5.41) is 4.85. The van der Waals surface area contributed by atoms with Crippen LogP contribution in [0.25, 0.3) is 26.8 Å². The molecule has 0 aliphatic carbocycles. The van der Waals surface area contributed by atoms with Gasteiger partial charge in [-0.25, -0.2) is 9.50 Å². The first-order chi connectivity index (χ1) is 13.5. The molecule has 0 aliphatic heterocycles. The fourth-order valence-electron chi connectivity index (χ4n) is 3.92. The van der Waals surface area contributed by atoms with Gasteiger partial charge in [0, 0.05) is 11.8 Å². The van der Waals surface area contributed by atoms with Crippen molar-refractivity contribution in [3.63, 3.8) is 0 Å². The third kappa shape index (κ3) is 3.14. The minimum absolute atomic E-state index is 0.507. The van der Waals surface area contributed by atoms with Crippen molar-refractivity contribution in [2.45, 2.75) is 53.4 Å². The Labute approximate surface area is 170 Å². The van der Waals surface area contributed by atoms with Gasteiger partial charge in [0.15, 0.2) is 5.65 Å². The lowest BCUT2D eigenvalue weighted by Gasteiger charge is -2.14. The minimum atomic E-state index is 0.507. The number of aromatic nitrogens is 4. The molecule has 0 amide bonds. The van der Waals surface area contributed by atoms with Gasteiger partial charge in [-0.05, 0) is 69.4 Å². The van der Waals surface area contributed by atoms with Gasteiger partial charge in [0.2, 0.25) is 0 Å². The Balaban J connectivity index is 1.93. The maximum absolute atomic E-state index is 4.96. The van der Waals surface area contributed by atoms with Crippen molar-refractivity contribution < 1.29 is 0 Å². The van der Waals surface area contributed by atoms with Gasteiger partial charge in [-0.2, -0.15) is 5.10 Å². The minimum Gasteiger partial charge on any atom is -0.255 e. The van der Waals surface area contributed by atoms with E-state index in [1.165, 1.54) is 20.9 Å². The molecule has 0 bridgehead atoms. The van der Waals surface area contributed by atoms with Gasteiger partial charge in [-0.15, -0.1) is 11.3 Å². The van der Waals surface area contributed by atoms with Crippen LogP contribution in [0.15, 0.2) is 36.5 Å². The second-order valence-corrected chi connectivity index (χ2v) is 8.43. The van der Waals surface area contributed by atoms with E-state index in [1.807, 2.05) is 18.3 Å². The van der Waals surface area contributed by atoms with Gasteiger partial charge in [0.05, 0.1) is 26.8 Å². The summed E-state index contributed by atoms with van der Waals surface area (Å²) in [6.45, 7) is 10.8. The fraction of sp³-hybridized carbons (Fsp3) is 0.348. The zero-order chi connectivity index (χ0) is 19.8. The molecule has 0 unspecified atom stereocenters. The standard InChI is InChI=1S/C23H26N4S/c1-6-17(7-2)18-13-15(4)26-27-21(16(5)25-23(18)27)22-14(3)12-20(28-22)19-10-8-9-11-24-19/h8-13,17H,6-7H2,1-5H3. The van der Waals surface area contributed by atoms with Crippen molar-refractivity contribution in [2.75, 3.05) is 0 Å². The lowest BCUT2D eigenvalue weighted by atomic mass is 9.95. The zero-order valence-corrected chi connectivity index (χ0v) is 18.0. The Morgan fingerprint density at radius 1 is 1.07 bits per heavy atom. The highest BCUT2D eigenvalue weighted by Crippen LogP contribution is 2.39. The van der Waals surface area contributed by atoms with Crippen LogP contribution in [0.2, 0.25) is 0 Å². The lowest BCUT2D eigenvalue weighted by molar-refractivity contribution is 0.638. The molecule has 4 rings (SSSR count). The van der Waals surface area contributed by atoms with E-state index in [-0.39, 0.29) is 0 Å². The predicted molar refractivity (Wildman–Crippen MR) is 117 cm³/mol. The number of hydrogen-bond acceptors (Lipinski definition) is 4. The van der Waals surface area contributed by atoms with E-state index in [1.54, 1.807) is 11.3 Å². The molecule has 4 aromatic heterocycles. The number of imidazole rings is 1. The second kappa shape index (κ2) is 7.47. The molecule has 0 saturated carbocycles. The molecule has 4 aromatic rings. The largest absolute Gasteiger partial charge is 0.255 e. The predicted octanol–water partition coefficient (Wildman–Crippen LogP) is 6.35. The van der Waals surface area contributed by atoms with E-state index in [2.05, 4.69) is 62.3 Å². The molecular formula is C23H26N4S. The van der Waals surface area contributed by atoms with Crippen molar-refractivity contribution in [2.24, 2.45) is 0 Å². The Hall–Kier alpha value is -2.53. The van der Waals surface area contributed by atoms with Crippen LogP contribution in [0.5, 0.6) is 0 Å². The first kappa shape index (κ1) is 18.8. The summed E-state index contributed by atoms with van der Waals surface area (Å²) in [5.74, 6) is 0.507.